The lowest BCUT2D eigenvalue weighted by Gasteiger charge is -2.26. The fourth-order valence-electron chi connectivity index (χ4n) is 1.78. The van der Waals surface area contributed by atoms with E-state index in [0.717, 1.165) is 38.9 Å². The molecule has 0 aliphatic carbocycles. The Morgan fingerprint density at radius 1 is 1.24 bits per heavy atom. The molecule has 1 amide bonds. The smallest absolute Gasteiger partial charge is 0.225 e. The van der Waals surface area contributed by atoms with Gasteiger partial charge in [-0.25, -0.2) is 0 Å². The summed E-state index contributed by atoms with van der Waals surface area (Å²) >= 11 is 0. The lowest BCUT2D eigenvalue weighted by molar-refractivity contribution is -0.135. The van der Waals surface area contributed by atoms with Crippen LogP contribution in [-0.2, 0) is 4.79 Å². The number of carbonyl (C=O) groups excluding carboxylic acids is 1. The van der Waals surface area contributed by atoms with Gasteiger partial charge in [0.2, 0.25) is 5.91 Å². The van der Waals surface area contributed by atoms with Crippen LogP contribution >= 0.6 is 0 Å². The second-order valence-corrected chi connectivity index (χ2v) is 4.96. The first kappa shape index (κ1) is 16.4. The molecule has 0 aliphatic rings. The summed E-state index contributed by atoms with van der Waals surface area (Å²) in [5.74, 6) is 0.384. The maximum atomic E-state index is 12.2. The maximum absolute atomic E-state index is 12.2. The van der Waals surface area contributed by atoms with Gasteiger partial charge in [0.05, 0.1) is 0 Å². The zero-order valence-corrected chi connectivity index (χ0v) is 11.9. The molecule has 0 saturated carbocycles. The van der Waals surface area contributed by atoms with Gasteiger partial charge in [-0.1, -0.05) is 13.8 Å². The zero-order valence-electron chi connectivity index (χ0n) is 11.9. The van der Waals surface area contributed by atoms with Crippen LogP contribution in [0.5, 0.6) is 0 Å². The summed E-state index contributed by atoms with van der Waals surface area (Å²) in [5, 5.41) is 0. The molecule has 0 fully saturated rings. The minimum atomic E-state index is 0.104. The highest BCUT2D eigenvalue weighted by Crippen LogP contribution is 2.10. The Bertz CT molecular complexity index is 207. The van der Waals surface area contributed by atoms with Gasteiger partial charge in [-0.15, -0.1) is 0 Å². The van der Waals surface area contributed by atoms with Gasteiger partial charge >= 0.3 is 0 Å². The Hall–Kier alpha value is -0.610. The molecule has 102 valence electrons. The van der Waals surface area contributed by atoms with Crippen molar-refractivity contribution in [1.29, 1.82) is 0 Å². The second-order valence-electron chi connectivity index (χ2n) is 4.96. The third-order valence-corrected chi connectivity index (χ3v) is 2.89. The van der Waals surface area contributed by atoms with E-state index in [2.05, 4.69) is 11.8 Å². The average Bonchev–Trinajstić information content (AvgIpc) is 2.30. The number of hydrogen-bond donors (Lipinski definition) is 1. The van der Waals surface area contributed by atoms with Crippen LogP contribution in [0.2, 0.25) is 0 Å². The summed E-state index contributed by atoms with van der Waals surface area (Å²) in [6, 6.07) is 0. The van der Waals surface area contributed by atoms with Crippen LogP contribution in [0, 0.1) is 5.92 Å². The molecule has 4 heteroatoms. The third-order valence-electron chi connectivity index (χ3n) is 2.89. The molecule has 1 atom stereocenters. The molecule has 0 aromatic rings. The summed E-state index contributed by atoms with van der Waals surface area (Å²) in [6.07, 6.45) is 2.85. The number of nitrogens with zero attached hydrogens (tertiary/aromatic N) is 2. The van der Waals surface area contributed by atoms with Crippen LogP contribution in [0.4, 0.5) is 0 Å². The van der Waals surface area contributed by atoms with E-state index in [4.69, 9.17) is 5.73 Å². The van der Waals surface area contributed by atoms with Crippen molar-refractivity contribution in [2.24, 2.45) is 11.7 Å². The number of rotatable bonds is 9. The number of amides is 1. The molecule has 0 radical (unpaired) electrons. The van der Waals surface area contributed by atoms with Crippen LogP contribution in [0.3, 0.4) is 0 Å². The van der Waals surface area contributed by atoms with E-state index in [1.807, 2.05) is 25.9 Å². The van der Waals surface area contributed by atoms with Crippen LogP contribution in [0.1, 0.15) is 33.1 Å². The van der Waals surface area contributed by atoms with E-state index in [9.17, 15) is 4.79 Å². The number of nitrogens with two attached hydrogens (primary N) is 1. The fourth-order valence-corrected chi connectivity index (χ4v) is 1.78. The minimum Gasteiger partial charge on any atom is -0.341 e. The molecule has 0 aromatic heterocycles. The van der Waals surface area contributed by atoms with Crippen molar-refractivity contribution in [3.05, 3.63) is 0 Å². The van der Waals surface area contributed by atoms with E-state index in [1.165, 1.54) is 0 Å². The summed E-state index contributed by atoms with van der Waals surface area (Å²) in [4.78, 5) is 16.3. The first-order valence-electron chi connectivity index (χ1n) is 6.66. The molecule has 0 aliphatic heterocycles. The van der Waals surface area contributed by atoms with Crippen molar-refractivity contribution in [2.45, 2.75) is 33.1 Å². The Morgan fingerprint density at radius 2 is 1.88 bits per heavy atom. The normalized spacial score (nSPS) is 12.8. The van der Waals surface area contributed by atoms with Gasteiger partial charge in [0.25, 0.3) is 0 Å². The number of carbonyl (C=O) groups is 1. The van der Waals surface area contributed by atoms with E-state index in [1.54, 1.807) is 0 Å². The molecule has 0 bridgehead atoms. The predicted molar refractivity (Wildman–Crippen MR) is 72.9 cm³/mol. The first-order chi connectivity index (χ1) is 8.02. The van der Waals surface area contributed by atoms with Crippen molar-refractivity contribution in [1.82, 2.24) is 9.80 Å². The quantitative estimate of drug-likeness (QED) is 0.661. The summed E-state index contributed by atoms with van der Waals surface area (Å²) in [5.41, 5.74) is 5.48. The van der Waals surface area contributed by atoms with Crippen molar-refractivity contribution in [3.8, 4) is 0 Å². The SMILES string of the molecule is CCCN(CCN(C)C)C(=O)C(C)CCCN. The van der Waals surface area contributed by atoms with Gasteiger partial charge in [-0.2, -0.15) is 0 Å². The molecule has 1 unspecified atom stereocenters. The minimum absolute atomic E-state index is 0.104. The molecular weight excluding hydrogens is 214 g/mol. The highest BCUT2D eigenvalue weighted by Gasteiger charge is 2.19. The summed E-state index contributed by atoms with van der Waals surface area (Å²) in [7, 11) is 4.07. The molecule has 0 spiro atoms. The lowest BCUT2D eigenvalue weighted by atomic mass is 10.0. The summed E-state index contributed by atoms with van der Waals surface area (Å²) in [6.45, 7) is 7.40. The standard InChI is InChI=1S/C13H29N3O/c1-5-9-16(11-10-15(3)4)13(17)12(2)7-6-8-14/h12H,5-11,14H2,1-4H3. The second kappa shape index (κ2) is 9.42. The molecule has 17 heavy (non-hydrogen) atoms. The third kappa shape index (κ3) is 7.34. The molecule has 4 nitrogen and oxygen atoms in total. The van der Waals surface area contributed by atoms with Crippen molar-refractivity contribution < 1.29 is 4.79 Å². The summed E-state index contributed by atoms with van der Waals surface area (Å²) < 4.78 is 0. The fraction of sp³-hybridized carbons (Fsp3) is 0.923. The number of likely N-dealkylation sites (N-methyl/N-ethyl adjacent to an activating group) is 1. The van der Waals surface area contributed by atoms with E-state index in [-0.39, 0.29) is 11.8 Å². The largest absolute Gasteiger partial charge is 0.341 e. The van der Waals surface area contributed by atoms with E-state index >= 15 is 0 Å². The Morgan fingerprint density at radius 3 is 2.35 bits per heavy atom. The van der Waals surface area contributed by atoms with Gasteiger partial charge in [0, 0.05) is 25.6 Å². The van der Waals surface area contributed by atoms with Gasteiger partial charge in [0.15, 0.2) is 0 Å². The molecule has 0 heterocycles. The van der Waals surface area contributed by atoms with Crippen LogP contribution < -0.4 is 5.73 Å². The molecule has 0 aromatic carbocycles. The highest BCUT2D eigenvalue weighted by atomic mass is 16.2. The van der Waals surface area contributed by atoms with E-state index in [0.29, 0.717) is 6.54 Å². The first-order valence-corrected chi connectivity index (χ1v) is 6.66. The lowest BCUT2D eigenvalue weighted by Crippen LogP contribution is -2.40. The Kier molecular flexibility index (Phi) is 9.09. The van der Waals surface area contributed by atoms with Crippen molar-refractivity contribution >= 4 is 5.91 Å². The topological polar surface area (TPSA) is 49.6 Å². The van der Waals surface area contributed by atoms with Gasteiger partial charge in [-0.05, 0) is 39.9 Å². The van der Waals surface area contributed by atoms with Gasteiger partial charge in [0.1, 0.15) is 0 Å². The molecule has 0 rings (SSSR count). The van der Waals surface area contributed by atoms with Crippen LogP contribution in [-0.4, -0.2) is 56.0 Å². The predicted octanol–water partition coefficient (Wildman–Crippen LogP) is 1.16. The highest BCUT2D eigenvalue weighted by molar-refractivity contribution is 5.78. The van der Waals surface area contributed by atoms with Crippen LogP contribution in [0.15, 0.2) is 0 Å². The van der Waals surface area contributed by atoms with Crippen molar-refractivity contribution in [2.75, 3.05) is 40.3 Å². The number of hydrogen-bond acceptors (Lipinski definition) is 3. The van der Waals surface area contributed by atoms with Crippen LogP contribution in [0.25, 0.3) is 0 Å². The average molecular weight is 243 g/mol. The molecule has 2 N–H and O–H groups in total. The monoisotopic (exact) mass is 243 g/mol. The Labute approximate surface area is 106 Å². The van der Waals surface area contributed by atoms with Gasteiger partial charge < -0.3 is 15.5 Å². The zero-order chi connectivity index (χ0) is 13.3. The van der Waals surface area contributed by atoms with Crippen molar-refractivity contribution in [3.63, 3.8) is 0 Å². The van der Waals surface area contributed by atoms with Gasteiger partial charge in [-0.3, -0.25) is 4.79 Å². The molecular formula is C13H29N3O. The Balaban J connectivity index is 4.21. The maximum Gasteiger partial charge on any atom is 0.225 e. The van der Waals surface area contributed by atoms with E-state index < -0.39 is 0 Å². The molecule has 0 saturated heterocycles.